The van der Waals surface area contributed by atoms with Crippen LogP contribution in [0.3, 0.4) is 0 Å². The summed E-state index contributed by atoms with van der Waals surface area (Å²) in [7, 11) is 3.25. The molecule has 3 N–H and O–H groups in total. The van der Waals surface area contributed by atoms with Gasteiger partial charge in [0.15, 0.2) is 6.17 Å². The third-order valence-corrected chi connectivity index (χ3v) is 7.52. The van der Waals surface area contributed by atoms with E-state index in [-0.39, 0.29) is 29.1 Å². The number of likely N-dealkylation sites (tertiary alicyclic amines) is 1. The molecule has 1 aliphatic heterocycles. The van der Waals surface area contributed by atoms with E-state index < -0.39 is 30.8 Å². The van der Waals surface area contributed by atoms with Crippen molar-refractivity contribution in [2.24, 2.45) is 0 Å². The third kappa shape index (κ3) is 5.97. The maximum Gasteiger partial charge on any atom is 0.335 e. The number of benzene rings is 2. The number of methoxy groups -OCH3 is 1. The lowest BCUT2D eigenvalue weighted by Crippen LogP contribution is -2.46. The molecule has 0 spiro atoms. The quantitative estimate of drug-likeness (QED) is 0.244. The number of nitrogens with zero attached hydrogens (tertiary/aromatic N) is 1. The third-order valence-electron chi connectivity index (χ3n) is 6.35. The highest BCUT2D eigenvalue weighted by Crippen LogP contribution is 2.42. The molecule has 0 amide bonds. The molecule has 4 rings (SSSR count). The molecule has 2 heterocycles. The second kappa shape index (κ2) is 11.9. The molecule has 6 nitrogen and oxygen atoms in total. The first kappa shape index (κ1) is 27.5. The second-order valence-electron chi connectivity index (χ2n) is 8.96. The fourth-order valence-corrected chi connectivity index (χ4v) is 5.58. The number of hydrogen-bond acceptors (Lipinski definition) is 6. The van der Waals surface area contributed by atoms with Crippen molar-refractivity contribution < 1.29 is 32.2 Å². The summed E-state index contributed by atoms with van der Waals surface area (Å²) in [4.78, 5) is 13.2. The number of carbonyl (C=O) groups is 1. The van der Waals surface area contributed by atoms with Crippen LogP contribution in [0.1, 0.15) is 33.4 Å². The zero-order valence-electron chi connectivity index (χ0n) is 20.7. The number of fused-ring (bicyclic) bond motifs is 1. The summed E-state index contributed by atoms with van der Waals surface area (Å²) in [6, 6.07) is 8.78. The number of alkyl halides is 4. The number of carboxylic acids is 1. The molecule has 202 valence electrons. The van der Waals surface area contributed by atoms with Crippen molar-refractivity contribution in [2.45, 2.75) is 31.2 Å². The van der Waals surface area contributed by atoms with Crippen LogP contribution < -0.4 is 15.4 Å². The fraction of sp³-hybridized carbons (Fsp3) is 0.370. The normalized spacial score (nSPS) is 18.6. The van der Waals surface area contributed by atoms with Gasteiger partial charge in [-0.3, -0.25) is 0 Å². The molecule has 1 fully saturated rings. The number of thiophene rings is 1. The van der Waals surface area contributed by atoms with E-state index in [1.807, 2.05) is 11.9 Å². The molecule has 3 unspecified atom stereocenters. The first-order chi connectivity index (χ1) is 18.2. The van der Waals surface area contributed by atoms with Crippen molar-refractivity contribution in [3.8, 4) is 17.6 Å². The van der Waals surface area contributed by atoms with Gasteiger partial charge in [0.25, 0.3) is 6.43 Å². The van der Waals surface area contributed by atoms with Gasteiger partial charge in [0.1, 0.15) is 11.9 Å². The van der Waals surface area contributed by atoms with E-state index in [4.69, 9.17) is 9.84 Å². The molecular weight excluding hydrogens is 522 g/mol. The van der Waals surface area contributed by atoms with Gasteiger partial charge >= 0.3 is 5.97 Å². The average molecular weight is 550 g/mol. The van der Waals surface area contributed by atoms with Crippen LogP contribution in [0.2, 0.25) is 0 Å². The molecule has 3 aromatic rings. The number of carboxylic acid groups (broad SMARTS) is 1. The summed E-state index contributed by atoms with van der Waals surface area (Å²) in [5, 5.41) is 15.6. The summed E-state index contributed by atoms with van der Waals surface area (Å²) >= 11 is 1.09. The standard InChI is InChI=1S/C27H27F4N3O3S/c1-34-12-10-18(17(28)14-34)33-20-6-3-5-16-23(24(29)26(30)31)22(38-25(16)20)7-4-11-32-19-9-8-15(27(35)36)13-21(19)37-2/h3,5-6,8-9,13,17-18,24,26,32-33H,10-12,14H2,1-2H3,(H,35,36). The molecule has 1 saturated heterocycles. The molecular formula is C27H27F4N3O3S. The summed E-state index contributed by atoms with van der Waals surface area (Å²) in [6.45, 7) is 1.07. The maximum absolute atomic E-state index is 14.8. The Balaban J connectivity index is 1.61. The Bertz CT molecular complexity index is 1370. The first-order valence-corrected chi connectivity index (χ1v) is 12.7. The van der Waals surface area contributed by atoms with Crippen molar-refractivity contribution in [3.05, 3.63) is 52.4 Å². The largest absolute Gasteiger partial charge is 0.495 e. The minimum absolute atomic E-state index is 0.0538. The Labute approximate surface area is 221 Å². The lowest BCUT2D eigenvalue weighted by Gasteiger charge is -2.33. The molecule has 0 radical (unpaired) electrons. The van der Waals surface area contributed by atoms with Crippen molar-refractivity contribution in [1.82, 2.24) is 4.90 Å². The number of nitrogens with one attached hydrogen (secondary N) is 2. The smallest absolute Gasteiger partial charge is 0.335 e. The molecule has 0 aliphatic carbocycles. The van der Waals surface area contributed by atoms with Gasteiger partial charge in [0, 0.05) is 24.0 Å². The van der Waals surface area contributed by atoms with Crippen LogP contribution in [-0.2, 0) is 0 Å². The van der Waals surface area contributed by atoms with Gasteiger partial charge in [-0.05, 0) is 37.7 Å². The summed E-state index contributed by atoms with van der Waals surface area (Å²) in [6.07, 6.45) is -6.30. The van der Waals surface area contributed by atoms with Crippen molar-refractivity contribution in [3.63, 3.8) is 0 Å². The number of halogens is 4. The van der Waals surface area contributed by atoms with Crippen molar-refractivity contribution in [1.29, 1.82) is 0 Å². The number of ether oxygens (including phenoxy) is 1. The molecule has 2 aromatic carbocycles. The van der Waals surface area contributed by atoms with Crippen LogP contribution >= 0.6 is 11.3 Å². The van der Waals surface area contributed by atoms with Crippen LogP contribution in [0.5, 0.6) is 5.75 Å². The molecule has 0 bridgehead atoms. The number of rotatable bonds is 8. The first-order valence-electron chi connectivity index (χ1n) is 11.9. The highest BCUT2D eigenvalue weighted by atomic mass is 32.1. The lowest BCUT2D eigenvalue weighted by molar-refractivity contribution is 0.0504. The summed E-state index contributed by atoms with van der Waals surface area (Å²) < 4.78 is 62.1. The molecule has 3 atom stereocenters. The molecule has 38 heavy (non-hydrogen) atoms. The Hall–Kier alpha value is -3.49. The monoisotopic (exact) mass is 549 g/mol. The molecule has 0 saturated carbocycles. The van der Waals surface area contributed by atoms with Gasteiger partial charge in [-0.15, -0.1) is 11.3 Å². The number of piperidine rings is 1. The van der Waals surface area contributed by atoms with E-state index in [9.17, 15) is 22.4 Å². The van der Waals surface area contributed by atoms with Gasteiger partial charge in [-0.2, -0.15) is 0 Å². The predicted molar refractivity (Wildman–Crippen MR) is 141 cm³/mol. The molecule has 11 heteroatoms. The Morgan fingerprint density at radius 1 is 1.26 bits per heavy atom. The SMILES string of the molecule is COc1cc(C(=O)O)ccc1NCC#Cc1sc2c(NC3CCN(C)CC3F)cccc2c1C(F)C(F)F. The maximum atomic E-state index is 14.8. The van der Waals surface area contributed by atoms with Crippen LogP contribution in [0.25, 0.3) is 10.1 Å². The molecule has 1 aliphatic rings. The number of hydrogen-bond donors (Lipinski definition) is 3. The fourth-order valence-electron chi connectivity index (χ4n) is 4.40. The van der Waals surface area contributed by atoms with E-state index in [2.05, 4.69) is 22.5 Å². The Kier molecular flexibility index (Phi) is 8.64. The van der Waals surface area contributed by atoms with Gasteiger partial charge < -0.3 is 25.4 Å². The van der Waals surface area contributed by atoms with Crippen LogP contribution in [-0.4, -0.2) is 68.4 Å². The van der Waals surface area contributed by atoms with Gasteiger partial charge in [0.2, 0.25) is 0 Å². The second-order valence-corrected chi connectivity index (χ2v) is 9.98. The zero-order valence-corrected chi connectivity index (χ0v) is 21.5. The minimum atomic E-state index is -3.23. The average Bonchev–Trinajstić information content (AvgIpc) is 3.26. The zero-order chi connectivity index (χ0) is 27.4. The number of aromatic carboxylic acids is 1. The van der Waals surface area contributed by atoms with Crippen LogP contribution in [0.4, 0.5) is 28.9 Å². The predicted octanol–water partition coefficient (Wildman–Crippen LogP) is 5.80. The Morgan fingerprint density at radius 3 is 2.74 bits per heavy atom. The van der Waals surface area contributed by atoms with E-state index in [1.54, 1.807) is 18.2 Å². The van der Waals surface area contributed by atoms with E-state index >= 15 is 0 Å². The lowest BCUT2D eigenvalue weighted by atomic mass is 10.0. The van der Waals surface area contributed by atoms with Crippen LogP contribution in [0.15, 0.2) is 36.4 Å². The van der Waals surface area contributed by atoms with E-state index in [0.29, 0.717) is 33.6 Å². The van der Waals surface area contributed by atoms with Crippen LogP contribution in [0, 0.1) is 11.8 Å². The van der Waals surface area contributed by atoms with E-state index in [0.717, 1.165) is 17.9 Å². The van der Waals surface area contributed by atoms with E-state index in [1.165, 1.54) is 25.3 Å². The summed E-state index contributed by atoms with van der Waals surface area (Å²) in [5.41, 5.74) is 0.921. The van der Waals surface area contributed by atoms with Crippen molar-refractivity contribution in [2.75, 3.05) is 44.4 Å². The topological polar surface area (TPSA) is 73.8 Å². The van der Waals surface area contributed by atoms with Gasteiger partial charge in [-0.1, -0.05) is 24.0 Å². The number of anilines is 2. The highest BCUT2D eigenvalue weighted by Gasteiger charge is 2.31. The van der Waals surface area contributed by atoms with Gasteiger partial charge in [-0.25, -0.2) is 22.4 Å². The minimum Gasteiger partial charge on any atom is -0.495 e. The van der Waals surface area contributed by atoms with Gasteiger partial charge in [0.05, 0.1) is 46.2 Å². The summed E-state index contributed by atoms with van der Waals surface area (Å²) in [5.74, 6) is 4.84. The highest BCUT2D eigenvalue weighted by molar-refractivity contribution is 7.20. The van der Waals surface area contributed by atoms with Crippen molar-refractivity contribution >= 4 is 38.8 Å². The molecule has 1 aromatic heterocycles. The Morgan fingerprint density at radius 2 is 2.05 bits per heavy atom.